The molecule has 0 unspecified atom stereocenters. The van der Waals surface area contributed by atoms with Crippen LogP contribution in [-0.2, 0) is 6.54 Å². The third-order valence-corrected chi connectivity index (χ3v) is 5.12. The smallest absolute Gasteiger partial charge is 0.290 e. The highest BCUT2D eigenvalue weighted by Gasteiger charge is 2.45. The summed E-state index contributed by atoms with van der Waals surface area (Å²) in [6.45, 7) is 4.69. The number of carbonyl (C=O) groups excluding carboxylic acids is 1. The molecule has 5 nitrogen and oxygen atoms in total. The molecule has 2 aromatic rings. The number of nitrogens with zero attached hydrogens (tertiary/aromatic N) is 3. The predicted molar refractivity (Wildman–Crippen MR) is 85.9 cm³/mol. The van der Waals surface area contributed by atoms with Crippen LogP contribution in [0.1, 0.15) is 34.5 Å². The van der Waals surface area contributed by atoms with Crippen molar-refractivity contribution in [3.63, 3.8) is 0 Å². The first-order chi connectivity index (χ1) is 11.2. The largest absolute Gasteiger partial charge is 0.459 e. The summed E-state index contributed by atoms with van der Waals surface area (Å²) in [5, 5.41) is 0. The summed E-state index contributed by atoms with van der Waals surface area (Å²) < 4.78 is 5.40. The van der Waals surface area contributed by atoms with E-state index in [0.29, 0.717) is 17.8 Å². The molecule has 0 bridgehead atoms. The van der Waals surface area contributed by atoms with E-state index >= 15 is 0 Å². The zero-order chi connectivity index (χ0) is 15.8. The SMILES string of the molecule is Cc1ccoc1C(=O)N1CC[C@@H]2[C@@H]1CCN2Cc1cccnc1. The van der Waals surface area contributed by atoms with Crippen LogP contribution in [0.25, 0.3) is 0 Å². The second-order valence-electron chi connectivity index (χ2n) is 6.48. The van der Waals surface area contributed by atoms with Gasteiger partial charge in [0.05, 0.1) is 6.26 Å². The number of hydrogen-bond acceptors (Lipinski definition) is 4. The third-order valence-electron chi connectivity index (χ3n) is 5.12. The number of fused-ring (bicyclic) bond motifs is 1. The molecule has 4 rings (SSSR count). The number of likely N-dealkylation sites (tertiary alicyclic amines) is 2. The molecule has 2 fully saturated rings. The predicted octanol–water partition coefficient (Wildman–Crippen LogP) is 2.47. The minimum absolute atomic E-state index is 0.0447. The van der Waals surface area contributed by atoms with Crippen LogP contribution in [0.2, 0.25) is 0 Å². The maximum absolute atomic E-state index is 12.7. The van der Waals surface area contributed by atoms with Gasteiger partial charge in [-0.15, -0.1) is 0 Å². The van der Waals surface area contributed by atoms with E-state index in [1.54, 1.807) is 12.5 Å². The van der Waals surface area contributed by atoms with Gasteiger partial charge in [0.25, 0.3) is 5.91 Å². The van der Waals surface area contributed by atoms with Crippen molar-refractivity contribution in [2.24, 2.45) is 0 Å². The van der Waals surface area contributed by atoms with Gasteiger partial charge in [-0.05, 0) is 37.5 Å². The van der Waals surface area contributed by atoms with Crippen LogP contribution in [-0.4, -0.2) is 45.9 Å². The van der Waals surface area contributed by atoms with Gasteiger partial charge in [-0.1, -0.05) is 6.07 Å². The van der Waals surface area contributed by atoms with Crippen molar-refractivity contribution in [3.05, 3.63) is 53.7 Å². The lowest BCUT2D eigenvalue weighted by molar-refractivity contribution is 0.0698. The summed E-state index contributed by atoms with van der Waals surface area (Å²) in [6, 6.07) is 6.71. The lowest BCUT2D eigenvalue weighted by Crippen LogP contribution is -2.39. The maximum Gasteiger partial charge on any atom is 0.290 e. The van der Waals surface area contributed by atoms with E-state index in [4.69, 9.17) is 4.42 Å². The Morgan fingerprint density at radius 3 is 2.91 bits per heavy atom. The lowest BCUT2D eigenvalue weighted by atomic mass is 10.1. The van der Waals surface area contributed by atoms with E-state index in [9.17, 15) is 4.79 Å². The van der Waals surface area contributed by atoms with Gasteiger partial charge in [-0.25, -0.2) is 0 Å². The Hall–Kier alpha value is -2.14. The highest BCUT2D eigenvalue weighted by Crippen LogP contribution is 2.33. The minimum atomic E-state index is 0.0447. The van der Waals surface area contributed by atoms with Gasteiger partial charge < -0.3 is 9.32 Å². The molecule has 0 aliphatic carbocycles. The fourth-order valence-corrected chi connectivity index (χ4v) is 3.97. The van der Waals surface area contributed by atoms with Crippen LogP contribution in [0.3, 0.4) is 0 Å². The van der Waals surface area contributed by atoms with Crippen molar-refractivity contribution in [3.8, 4) is 0 Å². The molecular formula is C18H21N3O2. The van der Waals surface area contributed by atoms with Gasteiger partial charge >= 0.3 is 0 Å². The molecule has 5 heteroatoms. The summed E-state index contributed by atoms with van der Waals surface area (Å²) in [5.74, 6) is 0.541. The average Bonchev–Trinajstić information content (AvgIpc) is 3.25. The fourth-order valence-electron chi connectivity index (χ4n) is 3.97. The number of hydrogen-bond donors (Lipinski definition) is 0. The van der Waals surface area contributed by atoms with Gasteiger partial charge in [0.2, 0.25) is 0 Å². The van der Waals surface area contributed by atoms with E-state index in [-0.39, 0.29) is 5.91 Å². The topological polar surface area (TPSA) is 49.6 Å². The summed E-state index contributed by atoms with van der Waals surface area (Å²) in [6.07, 6.45) is 7.40. The Kier molecular flexibility index (Phi) is 3.65. The van der Waals surface area contributed by atoms with E-state index in [1.807, 2.05) is 30.2 Å². The van der Waals surface area contributed by atoms with Crippen molar-refractivity contribution in [2.75, 3.05) is 13.1 Å². The number of aromatic nitrogens is 1. The number of rotatable bonds is 3. The number of amides is 1. The highest BCUT2D eigenvalue weighted by molar-refractivity contribution is 5.93. The number of carbonyl (C=O) groups is 1. The third kappa shape index (κ3) is 2.55. The van der Waals surface area contributed by atoms with Crippen LogP contribution >= 0.6 is 0 Å². The van der Waals surface area contributed by atoms with Gasteiger partial charge in [0.1, 0.15) is 0 Å². The molecule has 0 aromatic carbocycles. The molecule has 1 amide bonds. The van der Waals surface area contributed by atoms with Crippen LogP contribution < -0.4 is 0 Å². The first-order valence-corrected chi connectivity index (χ1v) is 8.22. The molecule has 120 valence electrons. The Morgan fingerprint density at radius 2 is 2.17 bits per heavy atom. The Morgan fingerprint density at radius 1 is 1.30 bits per heavy atom. The molecule has 2 aliphatic heterocycles. The van der Waals surface area contributed by atoms with Crippen LogP contribution in [0, 0.1) is 6.92 Å². The fraction of sp³-hybridized carbons (Fsp3) is 0.444. The zero-order valence-electron chi connectivity index (χ0n) is 13.3. The zero-order valence-corrected chi connectivity index (χ0v) is 13.3. The van der Waals surface area contributed by atoms with Gasteiger partial charge in [0, 0.05) is 49.7 Å². The molecule has 2 aliphatic rings. The van der Waals surface area contributed by atoms with Crippen LogP contribution in [0.15, 0.2) is 41.3 Å². The average molecular weight is 311 g/mol. The van der Waals surface area contributed by atoms with Crippen molar-refractivity contribution >= 4 is 5.91 Å². The van der Waals surface area contributed by atoms with Crippen molar-refractivity contribution in [1.29, 1.82) is 0 Å². The second kappa shape index (κ2) is 5.81. The molecular weight excluding hydrogens is 290 g/mol. The number of aryl methyl sites for hydroxylation is 1. The molecule has 0 N–H and O–H groups in total. The van der Waals surface area contributed by atoms with Gasteiger partial charge in [-0.2, -0.15) is 0 Å². The highest BCUT2D eigenvalue weighted by atomic mass is 16.3. The Labute approximate surface area is 135 Å². The Bertz CT molecular complexity index is 697. The summed E-state index contributed by atoms with van der Waals surface area (Å²) in [7, 11) is 0. The molecule has 0 spiro atoms. The first-order valence-electron chi connectivity index (χ1n) is 8.22. The quantitative estimate of drug-likeness (QED) is 0.874. The minimum Gasteiger partial charge on any atom is -0.459 e. The van der Waals surface area contributed by atoms with Crippen LogP contribution in [0.5, 0.6) is 0 Å². The van der Waals surface area contributed by atoms with Gasteiger partial charge in [0.15, 0.2) is 5.76 Å². The van der Waals surface area contributed by atoms with Crippen molar-refractivity contribution < 1.29 is 9.21 Å². The Balaban J connectivity index is 1.48. The summed E-state index contributed by atoms with van der Waals surface area (Å²) in [5.41, 5.74) is 2.16. The molecule has 0 radical (unpaired) electrons. The van der Waals surface area contributed by atoms with Gasteiger partial charge in [-0.3, -0.25) is 14.7 Å². The van der Waals surface area contributed by atoms with E-state index in [1.165, 1.54) is 5.56 Å². The van der Waals surface area contributed by atoms with E-state index in [2.05, 4.69) is 16.0 Å². The monoisotopic (exact) mass is 311 g/mol. The first kappa shape index (κ1) is 14.5. The standard InChI is InChI=1S/C18H21N3O2/c1-13-6-10-23-17(13)18(22)21-9-5-15-16(21)4-8-20(15)12-14-3-2-7-19-11-14/h2-3,6-7,10-11,15-16H,4-5,8-9,12H2,1H3/t15-,16+/m1/s1. The van der Waals surface area contributed by atoms with Crippen LogP contribution in [0.4, 0.5) is 0 Å². The lowest BCUT2D eigenvalue weighted by Gasteiger charge is -2.25. The molecule has 2 aromatic heterocycles. The molecule has 4 heterocycles. The van der Waals surface area contributed by atoms with E-state index < -0.39 is 0 Å². The number of pyridine rings is 1. The maximum atomic E-state index is 12.7. The molecule has 2 atom stereocenters. The molecule has 23 heavy (non-hydrogen) atoms. The second-order valence-corrected chi connectivity index (χ2v) is 6.48. The van der Waals surface area contributed by atoms with Crippen molar-refractivity contribution in [1.82, 2.24) is 14.8 Å². The van der Waals surface area contributed by atoms with Crippen molar-refractivity contribution in [2.45, 2.75) is 38.4 Å². The summed E-state index contributed by atoms with van der Waals surface area (Å²) >= 11 is 0. The number of furan rings is 1. The normalized spacial score (nSPS) is 24.1. The molecule has 2 saturated heterocycles. The summed E-state index contributed by atoms with van der Waals surface area (Å²) in [4.78, 5) is 21.4. The molecule has 0 saturated carbocycles. The van der Waals surface area contributed by atoms with E-state index in [0.717, 1.165) is 38.0 Å².